The van der Waals surface area contributed by atoms with Crippen LogP contribution < -0.4 is 4.74 Å². The molecule has 136 valence electrons. The standard InChI is InChI=1S/C20H29N3O2/c1-15-19(16(2)25-21-15)14-22(3)12-17-7-8-20(24-4)18(11-17)13-23-9-5-6-10-23/h7-8,11H,5-6,9-10,12-14H2,1-4H3. The van der Waals surface area contributed by atoms with Crippen molar-refractivity contribution in [3.05, 3.63) is 46.3 Å². The highest BCUT2D eigenvalue weighted by atomic mass is 16.5. The third-order valence-corrected chi connectivity index (χ3v) is 5.00. The fourth-order valence-electron chi connectivity index (χ4n) is 3.60. The second-order valence-corrected chi connectivity index (χ2v) is 7.10. The SMILES string of the molecule is COc1ccc(CN(C)Cc2c(C)noc2C)cc1CN1CCCC1. The van der Waals surface area contributed by atoms with E-state index in [2.05, 4.69) is 40.2 Å². The Kier molecular flexibility index (Phi) is 5.76. The number of aromatic nitrogens is 1. The largest absolute Gasteiger partial charge is 0.496 e. The van der Waals surface area contributed by atoms with Crippen LogP contribution in [0.15, 0.2) is 22.7 Å². The van der Waals surface area contributed by atoms with E-state index in [9.17, 15) is 0 Å². The minimum Gasteiger partial charge on any atom is -0.496 e. The normalized spacial score (nSPS) is 15.2. The smallest absolute Gasteiger partial charge is 0.138 e. The van der Waals surface area contributed by atoms with Crippen LogP contribution in [-0.4, -0.2) is 42.2 Å². The quantitative estimate of drug-likeness (QED) is 0.769. The molecule has 5 heteroatoms. The lowest BCUT2D eigenvalue weighted by molar-refractivity contribution is 0.310. The fraction of sp³-hybridized carbons (Fsp3) is 0.550. The maximum atomic E-state index is 5.57. The van der Waals surface area contributed by atoms with Gasteiger partial charge in [-0.1, -0.05) is 11.2 Å². The molecule has 1 aromatic carbocycles. The van der Waals surface area contributed by atoms with Crippen LogP contribution in [0.5, 0.6) is 5.75 Å². The van der Waals surface area contributed by atoms with Crippen molar-refractivity contribution in [2.75, 3.05) is 27.2 Å². The monoisotopic (exact) mass is 343 g/mol. The zero-order valence-electron chi connectivity index (χ0n) is 15.8. The van der Waals surface area contributed by atoms with Crippen molar-refractivity contribution in [2.45, 2.75) is 46.3 Å². The summed E-state index contributed by atoms with van der Waals surface area (Å²) in [5.41, 5.74) is 4.76. The van der Waals surface area contributed by atoms with E-state index >= 15 is 0 Å². The highest BCUT2D eigenvalue weighted by Gasteiger charge is 2.16. The van der Waals surface area contributed by atoms with Gasteiger partial charge in [0.15, 0.2) is 0 Å². The molecule has 2 aromatic rings. The molecule has 1 aliphatic heterocycles. The molecule has 2 heterocycles. The van der Waals surface area contributed by atoms with Crippen molar-refractivity contribution in [3.63, 3.8) is 0 Å². The zero-order chi connectivity index (χ0) is 17.8. The van der Waals surface area contributed by atoms with Gasteiger partial charge in [-0.3, -0.25) is 9.80 Å². The van der Waals surface area contributed by atoms with Crippen molar-refractivity contribution in [1.29, 1.82) is 0 Å². The van der Waals surface area contributed by atoms with Gasteiger partial charge >= 0.3 is 0 Å². The van der Waals surface area contributed by atoms with Gasteiger partial charge in [0, 0.05) is 30.8 Å². The van der Waals surface area contributed by atoms with Crippen molar-refractivity contribution < 1.29 is 9.26 Å². The lowest BCUT2D eigenvalue weighted by Gasteiger charge is -2.20. The van der Waals surface area contributed by atoms with Gasteiger partial charge < -0.3 is 9.26 Å². The number of ether oxygens (including phenoxy) is 1. The topological polar surface area (TPSA) is 41.7 Å². The average Bonchev–Trinajstić information content (AvgIpc) is 3.20. The Bertz CT molecular complexity index is 685. The summed E-state index contributed by atoms with van der Waals surface area (Å²) in [6.45, 7) is 9.07. The highest BCUT2D eigenvalue weighted by molar-refractivity contribution is 5.37. The maximum Gasteiger partial charge on any atom is 0.138 e. The van der Waals surface area contributed by atoms with Crippen LogP contribution in [0.1, 0.15) is 41.0 Å². The van der Waals surface area contributed by atoms with E-state index < -0.39 is 0 Å². The molecule has 0 unspecified atom stereocenters. The van der Waals surface area contributed by atoms with Crippen LogP contribution in [0, 0.1) is 13.8 Å². The number of rotatable bonds is 7. The molecule has 1 fully saturated rings. The predicted octanol–water partition coefficient (Wildman–Crippen LogP) is 3.53. The first-order valence-corrected chi connectivity index (χ1v) is 9.05. The van der Waals surface area contributed by atoms with Crippen LogP contribution in [0.4, 0.5) is 0 Å². The number of aryl methyl sites for hydroxylation is 2. The molecule has 1 aromatic heterocycles. The summed E-state index contributed by atoms with van der Waals surface area (Å²) in [5, 5.41) is 4.05. The first kappa shape index (κ1) is 18.0. The molecule has 0 N–H and O–H groups in total. The lowest BCUT2D eigenvalue weighted by Crippen LogP contribution is -2.20. The van der Waals surface area contributed by atoms with Gasteiger partial charge in [-0.05, 0) is 64.5 Å². The molecule has 1 saturated heterocycles. The van der Waals surface area contributed by atoms with E-state index in [1.807, 2.05) is 13.8 Å². The molecule has 0 aliphatic carbocycles. The molecule has 3 rings (SSSR count). The molecule has 0 saturated carbocycles. The van der Waals surface area contributed by atoms with E-state index in [0.717, 1.165) is 36.8 Å². The minimum absolute atomic E-state index is 0.842. The molecule has 5 nitrogen and oxygen atoms in total. The fourth-order valence-corrected chi connectivity index (χ4v) is 3.60. The van der Waals surface area contributed by atoms with Gasteiger partial charge in [-0.15, -0.1) is 0 Å². The molecule has 0 atom stereocenters. The van der Waals surface area contributed by atoms with E-state index in [0.29, 0.717) is 0 Å². The Morgan fingerprint density at radius 1 is 1.20 bits per heavy atom. The van der Waals surface area contributed by atoms with Gasteiger partial charge in [0.05, 0.1) is 12.8 Å². The van der Waals surface area contributed by atoms with E-state index in [-0.39, 0.29) is 0 Å². The second-order valence-electron chi connectivity index (χ2n) is 7.10. The Morgan fingerprint density at radius 2 is 1.96 bits per heavy atom. The molecular weight excluding hydrogens is 314 g/mol. The molecule has 0 radical (unpaired) electrons. The summed E-state index contributed by atoms with van der Waals surface area (Å²) in [4.78, 5) is 4.81. The number of likely N-dealkylation sites (tertiary alicyclic amines) is 1. The Labute approximate surface area is 150 Å². The number of benzene rings is 1. The summed E-state index contributed by atoms with van der Waals surface area (Å²) >= 11 is 0. The van der Waals surface area contributed by atoms with Crippen LogP contribution in [0.3, 0.4) is 0 Å². The summed E-state index contributed by atoms with van der Waals surface area (Å²) in [6, 6.07) is 6.56. The van der Waals surface area contributed by atoms with E-state index in [1.54, 1.807) is 7.11 Å². The van der Waals surface area contributed by atoms with Gasteiger partial charge in [0.1, 0.15) is 11.5 Å². The molecule has 0 spiro atoms. The zero-order valence-corrected chi connectivity index (χ0v) is 15.8. The van der Waals surface area contributed by atoms with E-state index in [1.165, 1.54) is 42.6 Å². The predicted molar refractivity (Wildman–Crippen MR) is 98.7 cm³/mol. The van der Waals surface area contributed by atoms with Gasteiger partial charge in [0.25, 0.3) is 0 Å². The van der Waals surface area contributed by atoms with Crippen LogP contribution >= 0.6 is 0 Å². The first-order chi connectivity index (χ1) is 12.1. The van der Waals surface area contributed by atoms with Crippen LogP contribution in [-0.2, 0) is 19.6 Å². The van der Waals surface area contributed by atoms with Crippen molar-refractivity contribution in [1.82, 2.24) is 15.0 Å². The summed E-state index contributed by atoms with van der Waals surface area (Å²) in [5.74, 6) is 1.90. The Morgan fingerprint density at radius 3 is 2.60 bits per heavy atom. The lowest BCUT2D eigenvalue weighted by atomic mass is 10.1. The molecule has 0 amide bonds. The average molecular weight is 343 g/mol. The molecule has 0 bridgehead atoms. The maximum absolute atomic E-state index is 5.57. The summed E-state index contributed by atoms with van der Waals surface area (Å²) in [7, 11) is 3.89. The summed E-state index contributed by atoms with van der Waals surface area (Å²) < 4.78 is 10.8. The Balaban J connectivity index is 1.69. The Hall–Kier alpha value is -1.85. The van der Waals surface area contributed by atoms with Crippen molar-refractivity contribution in [3.8, 4) is 5.75 Å². The van der Waals surface area contributed by atoms with Gasteiger partial charge in [0.2, 0.25) is 0 Å². The first-order valence-electron chi connectivity index (χ1n) is 9.05. The number of methoxy groups -OCH3 is 1. The van der Waals surface area contributed by atoms with Crippen LogP contribution in [0.25, 0.3) is 0 Å². The number of nitrogens with zero attached hydrogens (tertiary/aromatic N) is 3. The molecule has 25 heavy (non-hydrogen) atoms. The second kappa shape index (κ2) is 8.02. The van der Waals surface area contributed by atoms with Gasteiger partial charge in [-0.2, -0.15) is 0 Å². The molecular formula is C20H29N3O2. The van der Waals surface area contributed by atoms with Gasteiger partial charge in [-0.25, -0.2) is 0 Å². The third-order valence-electron chi connectivity index (χ3n) is 5.00. The third kappa shape index (κ3) is 4.41. The van der Waals surface area contributed by atoms with Crippen molar-refractivity contribution >= 4 is 0 Å². The minimum atomic E-state index is 0.842. The number of hydrogen-bond donors (Lipinski definition) is 0. The summed E-state index contributed by atoms with van der Waals surface area (Å²) in [6.07, 6.45) is 2.62. The van der Waals surface area contributed by atoms with Crippen LogP contribution in [0.2, 0.25) is 0 Å². The molecule has 1 aliphatic rings. The van der Waals surface area contributed by atoms with E-state index in [4.69, 9.17) is 9.26 Å². The van der Waals surface area contributed by atoms with Crippen molar-refractivity contribution in [2.24, 2.45) is 0 Å². The number of hydrogen-bond acceptors (Lipinski definition) is 5. The highest BCUT2D eigenvalue weighted by Crippen LogP contribution is 2.24.